The second-order valence-electron chi connectivity index (χ2n) is 8.37. The summed E-state index contributed by atoms with van der Waals surface area (Å²) in [5, 5.41) is 6.71. The molecule has 1 aromatic carbocycles. The largest absolute Gasteiger partial charge is 0.383 e. The van der Waals surface area contributed by atoms with Gasteiger partial charge < -0.3 is 15.4 Å². The van der Waals surface area contributed by atoms with Crippen LogP contribution in [-0.4, -0.2) is 47.2 Å². The minimum Gasteiger partial charge on any atom is -0.383 e. The Morgan fingerprint density at radius 2 is 1.83 bits per heavy atom. The first-order chi connectivity index (χ1) is 13.6. The molecule has 0 radical (unpaired) electrons. The fourth-order valence-electron chi connectivity index (χ4n) is 2.58. The summed E-state index contributed by atoms with van der Waals surface area (Å²) in [5.74, 6) is 0.770. The molecule has 1 atom stereocenters. The highest BCUT2D eigenvalue weighted by molar-refractivity contribution is 14.0. The SMILES string of the molecule is CCNC(=NCc1ccc(S(=O)(=O)NCCOC)cc1)NC(C)CCC(C)(C)C.I. The first-order valence-corrected chi connectivity index (χ1v) is 11.7. The molecule has 1 unspecified atom stereocenters. The highest BCUT2D eigenvalue weighted by Crippen LogP contribution is 2.21. The predicted octanol–water partition coefficient (Wildman–Crippen LogP) is 3.50. The zero-order valence-electron chi connectivity index (χ0n) is 19.1. The second kappa shape index (κ2) is 14.2. The third kappa shape index (κ3) is 12.1. The third-order valence-corrected chi connectivity index (χ3v) is 5.78. The number of guanidine groups is 1. The van der Waals surface area contributed by atoms with Crippen LogP contribution in [0.15, 0.2) is 34.2 Å². The summed E-state index contributed by atoms with van der Waals surface area (Å²) < 4.78 is 31.8. The molecule has 0 bridgehead atoms. The Bertz CT molecular complexity index is 732. The van der Waals surface area contributed by atoms with Gasteiger partial charge in [-0.05, 0) is 49.8 Å². The quantitative estimate of drug-likeness (QED) is 0.169. The van der Waals surface area contributed by atoms with Gasteiger partial charge in [-0.15, -0.1) is 24.0 Å². The Kier molecular flexibility index (Phi) is 13.8. The Labute approximate surface area is 199 Å². The lowest BCUT2D eigenvalue weighted by molar-refractivity contribution is 0.204. The summed E-state index contributed by atoms with van der Waals surface area (Å²) in [6.45, 7) is 12.8. The smallest absolute Gasteiger partial charge is 0.240 e. The lowest BCUT2D eigenvalue weighted by Gasteiger charge is -2.23. The number of benzene rings is 1. The molecule has 0 aromatic heterocycles. The number of nitrogens with one attached hydrogen (secondary N) is 3. The highest BCUT2D eigenvalue weighted by atomic mass is 127. The topological polar surface area (TPSA) is 91.8 Å². The van der Waals surface area contributed by atoms with Crippen molar-refractivity contribution in [2.24, 2.45) is 10.4 Å². The van der Waals surface area contributed by atoms with Gasteiger partial charge in [-0.2, -0.15) is 0 Å². The molecule has 0 saturated heterocycles. The van der Waals surface area contributed by atoms with Crippen molar-refractivity contribution >= 4 is 40.0 Å². The summed E-state index contributed by atoms with van der Waals surface area (Å²) >= 11 is 0. The van der Waals surface area contributed by atoms with Gasteiger partial charge in [0.1, 0.15) is 0 Å². The standard InChI is InChI=1S/C21H38N4O3S.HI/c1-7-22-20(25-17(2)12-13-21(3,4)5)23-16-18-8-10-19(11-9-18)29(26,27)24-14-15-28-6;/h8-11,17,24H,7,12-16H2,1-6H3,(H2,22,23,25);1H. The van der Waals surface area contributed by atoms with Gasteiger partial charge in [0.2, 0.25) is 10.0 Å². The van der Waals surface area contributed by atoms with Crippen LogP contribution in [0.5, 0.6) is 0 Å². The number of aliphatic imine (C=N–C) groups is 1. The van der Waals surface area contributed by atoms with E-state index in [-0.39, 0.29) is 35.4 Å². The molecule has 0 heterocycles. The number of sulfonamides is 1. The number of nitrogens with zero attached hydrogens (tertiary/aromatic N) is 1. The first-order valence-electron chi connectivity index (χ1n) is 10.2. The number of halogens is 1. The molecule has 1 aromatic rings. The lowest BCUT2D eigenvalue weighted by atomic mass is 9.89. The summed E-state index contributed by atoms with van der Waals surface area (Å²) in [6.07, 6.45) is 2.20. The van der Waals surface area contributed by atoms with Gasteiger partial charge >= 0.3 is 0 Å². The maximum Gasteiger partial charge on any atom is 0.240 e. The molecule has 0 saturated carbocycles. The Morgan fingerprint density at radius 1 is 1.20 bits per heavy atom. The number of hydrogen-bond acceptors (Lipinski definition) is 4. The van der Waals surface area contributed by atoms with E-state index in [0.717, 1.165) is 30.9 Å². The molecule has 0 amide bonds. The fraction of sp³-hybridized carbons (Fsp3) is 0.667. The molecule has 0 aliphatic heterocycles. The minimum atomic E-state index is -3.51. The Balaban J connectivity index is 0.00000841. The predicted molar refractivity (Wildman–Crippen MR) is 135 cm³/mol. The van der Waals surface area contributed by atoms with Crippen molar-refractivity contribution in [2.45, 2.75) is 64.9 Å². The average Bonchev–Trinajstić information content (AvgIpc) is 2.64. The van der Waals surface area contributed by atoms with Crippen LogP contribution in [0, 0.1) is 5.41 Å². The maximum absolute atomic E-state index is 12.2. The van der Waals surface area contributed by atoms with Gasteiger partial charge in [-0.3, -0.25) is 0 Å². The van der Waals surface area contributed by atoms with E-state index in [4.69, 9.17) is 4.74 Å². The normalized spacial score (nSPS) is 13.5. The summed E-state index contributed by atoms with van der Waals surface area (Å²) in [5.41, 5.74) is 1.26. The van der Waals surface area contributed by atoms with Gasteiger partial charge in [0.25, 0.3) is 0 Å². The molecule has 174 valence electrons. The first kappa shape index (κ1) is 29.1. The van der Waals surface area contributed by atoms with Crippen molar-refractivity contribution in [1.29, 1.82) is 0 Å². The van der Waals surface area contributed by atoms with Crippen LogP contribution in [0.3, 0.4) is 0 Å². The molecular weight excluding hydrogens is 515 g/mol. The summed E-state index contributed by atoms with van der Waals surface area (Å²) in [7, 11) is -1.98. The average molecular weight is 555 g/mol. The van der Waals surface area contributed by atoms with Gasteiger partial charge in [0, 0.05) is 26.2 Å². The van der Waals surface area contributed by atoms with Crippen LogP contribution in [0.4, 0.5) is 0 Å². The fourth-order valence-corrected chi connectivity index (χ4v) is 3.59. The van der Waals surface area contributed by atoms with Crippen LogP contribution in [0.1, 0.15) is 53.0 Å². The monoisotopic (exact) mass is 554 g/mol. The zero-order valence-corrected chi connectivity index (χ0v) is 22.3. The van der Waals surface area contributed by atoms with Gasteiger partial charge in [-0.1, -0.05) is 32.9 Å². The molecule has 3 N–H and O–H groups in total. The van der Waals surface area contributed by atoms with Gasteiger partial charge in [0.05, 0.1) is 18.0 Å². The molecule has 9 heteroatoms. The second-order valence-corrected chi connectivity index (χ2v) is 10.1. The van der Waals surface area contributed by atoms with E-state index < -0.39 is 10.0 Å². The molecule has 1 rings (SSSR count). The zero-order chi connectivity index (χ0) is 21.9. The molecule has 0 aliphatic rings. The van der Waals surface area contributed by atoms with Crippen molar-refractivity contribution < 1.29 is 13.2 Å². The van der Waals surface area contributed by atoms with Crippen LogP contribution in [0.25, 0.3) is 0 Å². The van der Waals surface area contributed by atoms with E-state index in [9.17, 15) is 8.42 Å². The highest BCUT2D eigenvalue weighted by Gasteiger charge is 2.14. The Hall–Kier alpha value is -0.910. The van der Waals surface area contributed by atoms with Crippen molar-refractivity contribution in [1.82, 2.24) is 15.4 Å². The minimum absolute atomic E-state index is 0. The van der Waals surface area contributed by atoms with Gasteiger partial charge in [-0.25, -0.2) is 18.1 Å². The molecule has 7 nitrogen and oxygen atoms in total. The van der Waals surface area contributed by atoms with Gasteiger partial charge in [0.15, 0.2) is 5.96 Å². The van der Waals surface area contributed by atoms with E-state index in [1.54, 1.807) is 24.3 Å². The number of rotatable bonds is 11. The van der Waals surface area contributed by atoms with E-state index in [1.807, 2.05) is 6.92 Å². The molecular formula is C21H39IN4O3S. The Morgan fingerprint density at radius 3 is 2.37 bits per heavy atom. The van der Waals surface area contributed by atoms with E-state index >= 15 is 0 Å². The van der Waals surface area contributed by atoms with Crippen LogP contribution >= 0.6 is 24.0 Å². The van der Waals surface area contributed by atoms with Crippen LogP contribution in [0.2, 0.25) is 0 Å². The summed E-state index contributed by atoms with van der Waals surface area (Å²) in [4.78, 5) is 4.87. The maximum atomic E-state index is 12.2. The number of methoxy groups -OCH3 is 1. The summed E-state index contributed by atoms with van der Waals surface area (Å²) in [6, 6.07) is 7.11. The number of ether oxygens (including phenoxy) is 1. The third-order valence-electron chi connectivity index (χ3n) is 4.31. The van der Waals surface area contributed by atoms with E-state index in [1.165, 1.54) is 7.11 Å². The van der Waals surface area contributed by atoms with Crippen molar-refractivity contribution in [3.05, 3.63) is 29.8 Å². The van der Waals surface area contributed by atoms with Crippen molar-refractivity contribution in [3.63, 3.8) is 0 Å². The van der Waals surface area contributed by atoms with Crippen LogP contribution < -0.4 is 15.4 Å². The van der Waals surface area contributed by atoms with E-state index in [0.29, 0.717) is 24.6 Å². The van der Waals surface area contributed by atoms with Crippen molar-refractivity contribution in [2.75, 3.05) is 26.8 Å². The van der Waals surface area contributed by atoms with Crippen LogP contribution in [-0.2, 0) is 21.3 Å². The lowest BCUT2D eigenvalue weighted by Crippen LogP contribution is -2.42. The molecule has 0 aliphatic carbocycles. The van der Waals surface area contributed by atoms with Crippen molar-refractivity contribution in [3.8, 4) is 0 Å². The van der Waals surface area contributed by atoms with E-state index in [2.05, 4.69) is 48.0 Å². The molecule has 30 heavy (non-hydrogen) atoms. The molecule has 0 fully saturated rings. The number of hydrogen-bond donors (Lipinski definition) is 3. The molecule has 0 spiro atoms.